The van der Waals surface area contributed by atoms with Crippen molar-refractivity contribution in [3.63, 3.8) is 0 Å². The number of Topliss-reactive ketones (excluding diaryl/α,β-unsaturated/α-hetero) is 1. The topological polar surface area (TPSA) is 74.8 Å². The highest BCUT2D eigenvalue weighted by molar-refractivity contribution is 7.99. The Kier molecular flexibility index (Phi) is 6.29. The summed E-state index contributed by atoms with van der Waals surface area (Å²) in [6, 6.07) is 26.9. The van der Waals surface area contributed by atoms with Crippen LogP contribution in [0.3, 0.4) is 0 Å². The van der Waals surface area contributed by atoms with E-state index >= 15 is 0 Å². The van der Waals surface area contributed by atoms with Crippen molar-refractivity contribution < 1.29 is 9.59 Å². The summed E-state index contributed by atoms with van der Waals surface area (Å²) in [6.07, 6.45) is 0. The van der Waals surface area contributed by atoms with Crippen molar-refractivity contribution in [1.82, 2.24) is 9.97 Å². The van der Waals surface area contributed by atoms with Crippen LogP contribution >= 0.6 is 11.8 Å². The number of H-pyrrole nitrogens is 1. The molecule has 0 radical (unpaired) electrons. The van der Waals surface area contributed by atoms with Crippen molar-refractivity contribution in [1.29, 1.82) is 0 Å². The number of aromatic amines is 1. The SMILES string of the molecule is CC(=O)Nc1ccc(C(=O)CSc2nc(-c3ccccc3)c(-c3ccccc3)[nH]2)cc1. The van der Waals surface area contributed by atoms with Gasteiger partial charge in [0.15, 0.2) is 10.9 Å². The fourth-order valence-electron chi connectivity index (χ4n) is 3.20. The van der Waals surface area contributed by atoms with Crippen LogP contribution in [-0.2, 0) is 4.79 Å². The number of anilines is 1. The quantitative estimate of drug-likeness (QED) is 0.294. The van der Waals surface area contributed by atoms with Gasteiger partial charge in [-0.05, 0) is 24.3 Å². The van der Waals surface area contributed by atoms with Crippen LogP contribution in [0.5, 0.6) is 0 Å². The molecule has 0 spiro atoms. The zero-order chi connectivity index (χ0) is 21.6. The largest absolute Gasteiger partial charge is 0.332 e. The maximum atomic E-state index is 12.6. The van der Waals surface area contributed by atoms with Gasteiger partial charge in [0.25, 0.3) is 0 Å². The van der Waals surface area contributed by atoms with E-state index in [0.717, 1.165) is 22.5 Å². The summed E-state index contributed by atoms with van der Waals surface area (Å²) in [5, 5.41) is 3.39. The molecule has 6 heteroatoms. The number of imidazole rings is 1. The van der Waals surface area contributed by atoms with Crippen molar-refractivity contribution in [3.05, 3.63) is 90.5 Å². The lowest BCUT2D eigenvalue weighted by molar-refractivity contribution is -0.114. The van der Waals surface area contributed by atoms with Gasteiger partial charge in [-0.3, -0.25) is 9.59 Å². The number of carbonyl (C=O) groups excluding carboxylic acids is 2. The summed E-state index contributed by atoms with van der Waals surface area (Å²) in [5.74, 6) is 0.115. The molecule has 4 rings (SSSR count). The Morgan fingerprint density at radius 1 is 0.871 bits per heavy atom. The van der Waals surface area contributed by atoms with Gasteiger partial charge in [-0.25, -0.2) is 4.98 Å². The summed E-state index contributed by atoms with van der Waals surface area (Å²) < 4.78 is 0. The van der Waals surface area contributed by atoms with Gasteiger partial charge in [0, 0.05) is 29.3 Å². The van der Waals surface area contributed by atoms with Gasteiger partial charge >= 0.3 is 0 Å². The van der Waals surface area contributed by atoms with E-state index in [-0.39, 0.29) is 17.4 Å². The van der Waals surface area contributed by atoms with Crippen LogP contribution in [0.4, 0.5) is 5.69 Å². The molecular weight excluding hydrogens is 406 g/mol. The molecule has 31 heavy (non-hydrogen) atoms. The van der Waals surface area contributed by atoms with Gasteiger partial charge in [0.1, 0.15) is 0 Å². The summed E-state index contributed by atoms with van der Waals surface area (Å²) in [7, 11) is 0. The average Bonchev–Trinajstić information content (AvgIpc) is 3.23. The second-order valence-corrected chi connectivity index (χ2v) is 7.93. The Morgan fingerprint density at radius 2 is 1.48 bits per heavy atom. The molecule has 0 aliphatic carbocycles. The zero-order valence-corrected chi connectivity index (χ0v) is 17.8. The van der Waals surface area contributed by atoms with E-state index in [9.17, 15) is 9.59 Å². The van der Waals surface area contributed by atoms with Crippen molar-refractivity contribution in [2.24, 2.45) is 0 Å². The minimum absolute atomic E-state index is 0.00158. The minimum atomic E-state index is -0.143. The number of hydrogen-bond acceptors (Lipinski definition) is 4. The minimum Gasteiger partial charge on any atom is -0.332 e. The molecule has 2 N–H and O–H groups in total. The summed E-state index contributed by atoms with van der Waals surface area (Å²) in [5.41, 5.74) is 5.12. The van der Waals surface area contributed by atoms with E-state index in [4.69, 9.17) is 4.98 Å². The van der Waals surface area contributed by atoms with Crippen molar-refractivity contribution >= 4 is 29.1 Å². The second kappa shape index (κ2) is 9.45. The number of nitrogens with one attached hydrogen (secondary N) is 2. The lowest BCUT2D eigenvalue weighted by atomic mass is 10.1. The Hall–Kier alpha value is -3.64. The predicted molar refractivity (Wildman–Crippen MR) is 125 cm³/mol. The molecule has 0 unspecified atom stereocenters. The van der Waals surface area contributed by atoms with E-state index in [1.807, 2.05) is 60.7 Å². The van der Waals surface area contributed by atoms with E-state index in [1.165, 1.54) is 18.7 Å². The van der Waals surface area contributed by atoms with Gasteiger partial charge in [-0.2, -0.15) is 0 Å². The third-order valence-corrected chi connectivity index (χ3v) is 5.53. The Balaban J connectivity index is 1.53. The van der Waals surface area contributed by atoms with Crippen LogP contribution < -0.4 is 5.32 Å². The molecule has 1 aromatic heterocycles. The number of nitrogens with zero attached hydrogens (tertiary/aromatic N) is 1. The van der Waals surface area contributed by atoms with E-state index in [1.54, 1.807) is 24.3 Å². The maximum Gasteiger partial charge on any atom is 0.221 e. The van der Waals surface area contributed by atoms with Crippen LogP contribution in [0.2, 0.25) is 0 Å². The first-order valence-electron chi connectivity index (χ1n) is 9.84. The fraction of sp³-hybridized carbons (Fsp3) is 0.0800. The average molecular weight is 428 g/mol. The standard InChI is InChI=1S/C25H21N3O2S/c1-17(29)26-21-14-12-18(13-15-21)22(30)16-31-25-27-23(19-8-4-2-5-9-19)24(28-25)20-10-6-3-7-11-20/h2-15H,16H2,1H3,(H,26,29)(H,27,28). The molecule has 4 aromatic rings. The van der Waals surface area contributed by atoms with Gasteiger partial charge in [0.2, 0.25) is 5.91 Å². The molecule has 0 fully saturated rings. The smallest absolute Gasteiger partial charge is 0.221 e. The first-order valence-corrected chi connectivity index (χ1v) is 10.8. The highest BCUT2D eigenvalue weighted by atomic mass is 32.2. The van der Waals surface area contributed by atoms with E-state index < -0.39 is 0 Å². The second-order valence-electron chi connectivity index (χ2n) is 6.97. The lowest BCUT2D eigenvalue weighted by Crippen LogP contribution is -2.07. The van der Waals surface area contributed by atoms with Gasteiger partial charge in [-0.15, -0.1) is 0 Å². The van der Waals surface area contributed by atoms with Crippen LogP contribution in [0.15, 0.2) is 90.1 Å². The lowest BCUT2D eigenvalue weighted by Gasteiger charge is -2.03. The number of aromatic nitrogens is 2. The third-order valence-electron chi connectivity index (χ3n) is 4.66. The Bertz CT molecular complexity index is 1130. The third kappa shape index (κ3) is 5.10. The summed E-state index contributed by atoms with van der Waals surface area (Å²) in [6.45, 7) is 1.45. The van der Waals surface area contributed by atoms with Crippen LogP contribution in [-0.4, -0.2) is 27.4 Å². The molecule has 1 heterocycles. The molecule has 3 aromatic carbocycles. The zero-order valence-electron chi connectivity index (χ0n) is 17.0. The number of thioether (sulfide) groups is 1. The van der Waals surface area contributed by atoms with Gasteiger partial charge in [0.05, 0.1) is 17.1 Å². The first-order chi connectivity index (χ1) is 15.1. The summed E-state index contributed by atoms with van der Waals surface area (Å²) >= 11 is 1.38. The molecule has 0 aliphatic rings. The molecule has 154 valence electrons. The van der Waals surface area contributed by atoms with Gasteiger partial charge < -0.3 is 10.3 Å². The number of ketones is 1. The number of carbonyl (C=O) groups is 2. The maximum absolute atomic E-state index is 12.6. The van der Waals surface area contributed by atoms with Crippen LogP contribution in [0.1, 0.15) is 17.3 Å². The number of amides is 1. The Labute approximate surface area is 184 Å². The highest BCUT2D eigenvalue weighted by Gasteiger charge is 2.15. The van der Waals surface area contributed by atoms with E-state index in [0.29, 0.717) is 16.4 Å². The summed E-state index contributed by atoms with van der Waals surface area (Å²) in [4.78, 5) is 31.9. The fourth-order valence-corrected chi connectivity index (χ4v) is 3.96. The van der Waals surface area contributed by atoms with Crippen LogP contribution in [0.25, 0.3) is 22.5 Å². The van der Waals surface area contributed by atoms with Crippen LogP contribution in [0, 0.1) is 0 Å². The van der Waals surface area contributed by atoms with Crippen molar-refractivity contribution in [2.45, 2.75) is 12.1 Å². The Morgan fingerprint density at radius 3 is 2.10 bits per heavy atom. The number of hydrogen-bond donors (Lipinski definition) is 2. The number of benzene rings is 3. The number of rotatable bonds is 7. The monoisotopic (exact) mass is 427 g/mol. The molecule has 1 amide bonds. The molecular formula is C25H21N3O2S. The molecule has 0 atom stereocenters. The van der Waals surface area contributed by atoms with Crippen molar-refractivity contribution in [2.75, 3.05) is 11.1 Å². The molecule has 5 nitrogen and oxygen atoms in total. The molecule has 0 saturated carbocycles. The highest BCUT2D eigenvalue weighted by Crippen LogP contribution is 2.32. The molecule has 0 aliphatic heterocycles. The molecule has 0 saturated heterocycles. The van der Waals surface area contributed by atoms with Gasteiger partial charge in [-0.1, -0.05) is 72.4 Å². The van der Waals surface area contributed by atoms with Crippen molar-refractivity contribution in [3.8, 4) is 22.5 Å². The molecule has 0 bridgehead atoms. The van der Waals surface area contributed by atoms with E-state index in [2.05, 4.69) is 10.3 Å². The first kappa shape index (κ1) is 20.6. The predicted octanol–water partition coefficient (Wildman–Crippen LogP) is 5.68. The normalized spacial score (nSPS) is 10.6.